The highest BCUT2D eigenvalue weighted by Gasteiger charge is 2.37. The second-order valence-electron chi connectivity index (χ2n) is 7.61. The van der Waals surface area contributed by atoms with Crippen LogP contribution in [0.25, 0.3) is 0 Å². The Morgan fingerprint density at radius 2 is 1.94 bits per heavy atom. The van der Waals surface area contributed by atoms with E-state index < -0.39 is 0 Å². The maximum absolute atomic E-state index is 13.1. The van der Waals surface area contributed by atoms with E-state index in [1.165, 1.54) is 0 Å². The molecule has 158 valence electrons. The average Bonchev–Trinajstić information content (AvgIpc) is 3.13. The third-order valence-electron chi connectivity index (χ3n) is 5.55. The topological polar surface area (TPSA) is 86.2 Å². The molecule has 4 rings (SSSR count). The number of aryl methyl sites for hydroxylation is 1. The van der Waals surface area contributed by atoms with Gasteiger partial charge in [0.1, 0.15) is 12.0 Å². The Bertz CT molecular complexity index is 1120. The number of nitrogens with zero attached hydrogens (tertiary/aromatic N) is 3. The lowest BCUT2D eigenvalue weighted by atomic mass is 9.92. The lowest BCUT2D eigenvalue weighted by Gasteiger charge is -2.25. The summed E-state index contributed by atoms with van der Waals surface area (Å²) in [6.45, 7) is 6.86. The number of ketones is 1. The highest BCUT2D eigenvalue weighted by molar-refractivity contribution is 6.08. The predicted octanol–water partition coefficient (Wildman–Crippen LogP) is 3.41. The van der Waals surface area contributed by atoms with Crippen LogP contribution >= 0.6 is 0 Å². The van der Waals surface area contributed by atoms with Crippen molar-refractivity contribution in [2.45, 2.75) is 20.8 Å². The molecule has 2 aliphatic rings. The highest BCUT2D eigenvalue weighted by Crippen LogP contribution is 2.33. The first-order chi connectivity index (χ1) is 15.0. The van der Waals surface area contributed by atoms with Crippen LogP contribution in [0.2, 0.25) is 0 Å². The van der Waals surface area contributed by atoms with E-state index in [1.54, 1.807) is 18.5 Å². The van der Waals surface area contributed by atoms with Crippen LogP contribution in [0.1, 0.15) is 40.1 Å². The summed E-state index contributed by atoms with van der Waals surface area (Å²) >= 11 is 0. The molecule has 0 saturated carbocycles. The lowest BCUT2D eigenvalue weighted by molar-refractivity contribution is 0.0927. The molecule has 0 bridgehead atoms. The Balaban J connectivity index is 1.70. The van der Waals surface area contributed by atoms with Gasteiger partial charge in [-0.05, 0) is 44.0 Å². The van der Waals surface area contributed by atoms with E-state index in [0.717, 1.165) is 16.8 Å². The maximum atomic E-state index is 13.1. The summed E-state index contributed by atoms with van der Waals surface area (Å²) in [7, 11) is 0. The van der Waals surface area contributed by atoms with Crippen molar-refractivity contribution in [3.8, 4) is 0 Å². The number of benzene rings is 2. The van der Waals surface area contributed by atoms with Crippen LogP contribution in [0, 0.1) is 12.8 Å². The van der Waals surface area contributed by atoms with Crippen LogP contribution in [-0.2, 0) is 0 Å². The number of rotatable bonds is 5. The number of carbonyl (C=O) groups is 2. The van der Waals surface area contributed by atoms with Crippen LogP contribution in [0.4, 0.5) is 5.69 Å². The number of carbonyl (C=O) groups excluding carboxylic acids is 2. The molecule has 0 aliphatic carbocycles. The Kier molecular flexibility index (Phi) is 5.66. The minimum absolute atomic E-state index is 0.0792. The summed E-state index contributed by atoms with van der Waals surface area (Å²) in [6.07, 6.45) is 1.58. The van der Waals surface area contributed by atoms with E-state index in [-0.39, 0.29) is 17.6 Å². The van der Waals surface area contributed by atoms with Crippen molar-refractivity contribution in [3.05, 3.63) is 76.5 Å². The summed E-state index contributed by atoms with van der Waals surface area (Å²) < 4.78 is 0. The van der Waals surface area contributed by atoms with Gasteiger partial charge in [0, 0.05) is 17.7 Å². The second kappa shape index (κ2) is 8.55. The van der Waals surface area contributed by atoms with E-state index in [1.807, 2.05) is 62.2 Å². The molecule has 2 aromatic rings. The van der Waals surface area contributed by atoms with Gasteiger partial charge in [0.05, 0.1) is 18.2 Å². The summed E-state index contributed by atoms with van der Waals surface area (Å²) in [5, 5.41) is 4.72. The van der Waals surface area contributed by atoms with Gasteiger partial charge in [-0.1, -0.05) is 36.4 Å². The van der Waals surface area contributed by atoms with Crippen molar-refractivity contribution < 1.29 is 9.59 Å². The number of amides is 1. The number of nitrogens with one attached hydrogen (secondary N) is 2. The van der Waals surface area contributed by atoms with Gasteiger partial charge in [-0.25, -0.2) is 9.98 Å². The van der Waals surface area contributed by atoms with Crippen LogP contribution < -0.4 is 10.7 Å². The molecule has 2 aliphatic heterocycles. The normalized spacial score (nSPS) is 18.7. The molecule has 7 heteroatoms. The molecule has 31 heavy (non-hydrogen) atoms. The quantitative estimate of drug-likeness (QED) is 0.733. The van der Waals surface area contributed by atoms with Crippen LogP contribution in [0.3, 0.4) is 0 Å². The summed E-state index contributed by atoms with van der Waals surface area (Å²) in [5.74, 6) is 0.190. The zero-order chi connectivity index (χ0) is 22.0. The molecule has 0 radical (unpaired) electrons. The number of aliphatic imine (C=N–C) groups is 2. The van der Waals surface area contributed by atoms with Gasteiger partial charge in [0.25, 0.3) is 5.91 Å². The number of hydrogen-bond acceptors (Lipinski definition) is 5. The van der Waals surface area contributed by atoms with Gasteiger partial charge < -0.3 is 5.32 Å². The highest BCUT2D eigenvalue weighted by atomic mass is 16.1. The minimum Gasteiger partial charge on any atom is -0.352 e. The number of hydrogen-bond donors (Lipinski definition) is 2. The van der Waals surface area contributed by atoms with Crippen LogP contribution in [0.15, 0.2) is 69.8 Å². The molecule has 1 amide bonds. The largest absolute Gasteiger partial charge is 0.352 e. The lowest BCUT2D eigenvalue weighted by Crippen LogP contribution is -2.41. The van der Waals surface area contributed by atoms with Gasteiger partial charge >= 0.3 is 0 Å². The van der Waals surface area contributed by atoms with Crippen molar-refractivity contribution in [1.82, 2.24) is 15.8 Å². The molecule has 1 unspecified atom stereocenters. The van der Waals surface area contributed by atoms with Crippen molar-refractivity contribution in [2.24, 2.45) is 15.9 Å². The zero-order valence-electron chi connectivity index (χ0n) is 17.8. The van der Waals surface area contributed by atoms with Crippen molar-refractivity contribution in [2.75, 3.05) is 13.1 Å². The summed E-state index contributed by atoms with van der Waals surface area (Å²) in [6, 6.07) is 14.8. The van der Waals surface area contributed by atoms with E-state index in [9.17, 15) is 9.59 Å². The first-order valence-electron chi connectivity index (χ1n) is 10.3. The number of Topliss-reactive ketones (excluding diaryl/α,β-unsaturated/α-hetero) is 1. The van der Waals surface area contributed by atoms with Crippen molar-refractivity contribution in [1.29, 1.82) is 0 Å². The summed E-state index contributed by atoms with van der Waals surface area (Å²) in [4.78, 5) is 34.5. The maximum Gasteiger partial charge on any atom is 0.251 e. The van der Waals surface area contributed by atoms with Crippen LogP contribution in [0.5, 0.6) is 0 Å². The Labute approximate surface area is 181 Å². The van der Waals surface area contributed by atoms with E-state index in [2.05, 4.69) is 15.7 Å². The molecule has 1 atom stereocenters. The number of hydrazine groups is 1. The first kappa shape index (κ1) is 20.5. The molecule has 0 spiro atoms. The molecule has 0 aromatic heterocycles. The van der Waals surface area contributed by atoms with Crippen molar-refractivity contribution >= 4 is 29.6 Å². The smallest absolute Gasteiger partial charge is 0.251 e. The van der Waals surface area contributed by atoms with E-state index in [4.69, 9.17) is 4.99 Å². The Morgan fingerprint density at radius 1 is 1.16 bits per heavy atom. The SMILES string of the molecule is CCNC(=O)c1ccc(C)c(N=C2N=CNN3CC(C(=O)c4ccccc4)C(C)=C23)c1. The number of fused-ring (bicyclic) bond motifs is 1. The van der Waals surface area contributed by atoms with Crippen LogP contribution in [-0.4, -0.2) is 42.0 Å². The predicted molar refractivity (Wildman–Crippen MR) is 122 cm³/mol. The third-order valence-corrected chi connectivity index (χ3v) is 5.55. The second-order valence-corrected chi connectivity index (χ2v) is 7.61. The molecule has 2 N–H and O–H groups in total. The first-order valence-corrected chi connectivity index (χ1v) is 10.3. The zero-order valence-corrected chi connectivity index (χ0v) is 17.8. The average molecular weight is 415 g/mol. The standard InChI is InChI=1S/C24H25N5O2/c1-4-25-24(31)18-11-10-15(2)20(12-18)28-23-21-16(3)19(13-29(21)27-14-26-23)22(30)17-8-6-5-7-9-17/h5-12,14,19H,4,13H2,1-3H3,(H,25,31)(H,26,27,28). The molecule has 0 fully saturated rings. The van der Waals surface area contributed by atoms with Gasteiger partial charge in [0.15, 0.2) is 11.6 Å². The molecular formula is C24H25N5O2. The fourth-order valence-electron chi connectivity index (χ4n) is 3.84. The van der Waals surface area contributed by atoms with Gasteiger partial charge in [0.2, 0.25) is 0 Å². The fourth-order valence-corrected chi connectivity index (χ4v) is 3.84. The summed E-state index contributed by atoms with van der Waals surface area (Å²) in [5.41, 5.74) is 7.70. The van der Waals surface area contributed by atoms with E-state index in [0.29, 0.717) is 35.7 Å². The fraction of sp³-hybridized carbons (Fsp3) is 0.250. The van der Waals surface area contributed by atoms with Gasteiger partial charge in [-0.15, -0.1) is 0 Å². The van der Waals surface area contributed by atoms with E-state index >= 15 is 0 Å². The minimum atomic E-state index is -0.278. The Morgan fingerprint density at radius 3 is 2.68 bits per heavy atom. The molecular weight excluding hydrogens is 390 g/mol. The Hall–Kier alpha value is -3.74. The third kappa shape index (κ3) is 3.99. The molecule has 2 aromatic carbocycles. The monoisotopic (exact) mass is 415 g/mol. The van der Waals surface area contributed by atoms with Gasteiger partial charge in [-0.2, -0.15) is 0 Å². The number of amidine groups is 1. The molecule has 0 saturated heterocycles. The van der Waals surface area contributed by atoms with Crippen molar-refractivity contribution in [3.63, 3.8) is 0 Å². The molecule has 7 nitrogen and oxygen atoms in total. The van der Waals surface area contributed by atoms with Gasteiger partial charge in [-0.3, -0.25) is 20.0 Å². The molecule has 2 heterocycles.